The molecule has 8 aromatic carbocycles. The SMILES string of the molecule is CC1(C)c2ccccc2-c2ccc(-c3ccc(-c4nc(-c5ccccc5)nc(-c5cccc(-c6cc7c(-c8ccccc8)nc8ccccc8c7c7nsnc67)c5)n4)cc3)cc21. The van der Waals surface area contributed by atoms with Crippen LogP contribution in [-0.2, 0) is 5.41 Å². The maximum absolute atomic E-state index is 5.22. The first-order valence-electron chi connectivity index (χ1n) is 20.8. The zero-order valence-corrected chi connectivity index (χ0v) is 34.7. The van der Waals surface area contributed by atoms with Crippen molar-refractivity contribution in [2.24, 2.45) is 0 Å². The Balaban J connectivity index is 0.969. The topological polar surface area (TPSA) is 77.3 Å². The van der Waals surface area contributed by atoms with Gasteiger partial charge in [0.1, 0.15) is 11.0 Å². The molecule has 3 heterocycles. The van der Waals surface area contributed by atoms with Crippen LogP contribution in [0.3, 0.4) is 0 Å². The van der Waals surface area contributed by atoms with Gasteiger partial charge in [-0.15, -0.1) is 0 Å². The average molecular weight is 813 g/mol. The van der Waals surface area contributed by atoms with Gasteiger partial charge in [-0.25, -0.2) is 19.9 Å². The zero-order valence-electron chi connectivity index (χ0n) is 33.9. The fourth-order valence-corrected chi connectivity index (χ4v) is 9.84. The fraction of sp³-hybridized carbons (Fsp3) is 0.0545. The lowest BCUT2D eigenvalue weighted by Crippen LogP contribution is -2.14. The van der Waals surface area contributed by atoms with E-state index in [1.807, 2.05) is 42.5 Å². The maximum Gasteiger partial charge on any atom is 0.164 e. The first kappa shape index (κ1) is 36.1. The molecule has 0 saturated carbocycles. The molecule has 11 aromatic rings. The van der Waals surface area contributed by atoms with E-state index in [2.05, 4.69) is 153 Å². The van der Waals surface area contributed by atoms with Crippen LogP contribution in [0, 0.1) is 0 Å². The predicted octanol–water partition coefficient (Wildman–Crippen LogP) is 13.9. The lowest BCUT2D eigenvalue weighted by molar-refractivity contribution is 0.660. The van der Waals surface area contributed by atoms with E-state index < -0.39 is 0 Å². The quantitative estimate of drug-likeness (QED) is 0.156. The molecule has 0 fully saturated rings. The number of benzene rings is 8. The minimum absolute atomic E-state index is 0.0666. The van der Waals surface area contributed by atoms with Crippen molar-refractivity contribution >= 4 is 44.4 Å². The highest BCUT2D eigenvalue weighted by Crippen LogP contribution is 2.49. The molecule has 6 nitrogen and oxygen atoms in total. The largest absolute Gasteiger partial charge is 0.247 e. The minimum atomic E-state index is -0.0666. The van der Waals surface area contributed by atoms with Gasteiger partial charge in [0.15, 0.2) is 17.5 Å². The maximum atomic E-state index is 5.22. The molecule has 0 N–H and O–H groups in total. The number of hydrogen-bond donors (Lipinski definition) is 0. The van der Waals surface area contributed by atoms with Crippen LogP contribution < -0.4 is 0 Å². The van der Waals surface area contributed by atoms with Crippen molar-refractivity contribution in [3.8, 4) is 78.8 Å². The van der Waals surface area contributed by atoms with E-state index >= 15 is 0 Å². The third-order valence-corrected chi connectivity index (χ3v) is 12.9. The van der Waals surface area contributed by atoms with Gasteiger partial charge in [0.2, 0.25) is 0 Å². The van der Waals surface area contributed by atoms with E-state index in [9.17, 15) is 0 Å². The Labute approximate surface area is 362 Å². The Morgan fingerprint density at radius 3 is 1.74 bits per heavy atom. The molecule has 12 rings (SSSR count). The fourth-order valence-electron chi connectivity index (χ4n) is 9.27. The van der Waals surface area contributed by atoms with Crippen molar-refractivity contribution < 1.29 is 0 Å². The lowest BCUT2D eigenvalue weighted by Gasteiger charge is -2.22. The number of para-hydroxylation sites is 1. The molecule has 1 aliphatic carbocycles. The van der Waals surface area contributed by atoms with Gasteiger partial charge in [-0.2, -0.15) is 8.75 Å². The summed E-state index contributed by atoms with van der Waals surface area (Å²) in [5, 5.41) is 3.15. The van der Waals surface area contributed by atoms with Crippen molar-refractivity contribution in [1.82, 2.24) is 28.7 Å². The average Bonchev–Trinajstić information content (AvgIpc) is 3.92. The van der Waals surface area contributed by atoms with Gasteiger partial charge in [-0.1, -0.05) is 172 Å². The number of nitrogens with zero attached hydrogens (tertiary/aromatic N) is 6. The normalized spacial score (nSPS) is 12.8. The van der Waals surface area contributed by atoms with Gasteiger partial charge in [-0.05, 0) is 63.2 Å². The van der Waals surface area contributed by atoms with Crippen LogP contribution in [0.4, 0.5) is 0 Å². The third kappa shape index (κ3) is 5.85. The molecule has 0 bridgehead atoms. The van der Waals surface area contributed by atoms with Crippen molar-refractivity contribution in [2.75, 3.05) is 0 Å². The Bertz CT molecular complexity index is 3540. The molecular formula is C55H36N6S. The first-order valence-corrected chi connectivity index (χ1v) is 21.5. The summed E-state index contributed by atoms with van der Waals surface area (Å²) in [5.74, 6) is 1.81. The highest BCUT2D eigenvalue weighted by molar-refractivity contribution is 7.00. The van der Waals surface area contributed by atoms with Gasteiger partial charge in [-0.3, -0.25) is 0 Å². The standard InChI is InChI=1S/C55H36N6S/c1-55(2)45-22-11-9-20-40(45)41-29-28-37(31-46(41)55)33-24-26-36(27-25-33)53-57-52(35-16-7-4-8-17-35)58-54(59-53)39-19-13-18-38(30-39)43-32-44-48(51-50(43)60-62-61-51)42-21-10-12-23-47(42)56-49(44)34-14-5-3-6-15-34/h3-32H,1-2H3. The Hall–Kier alpha value is -7.74. The van der Waals surface area contributed by atoms with Crippen LogP contribution in [0.15, 0.2) is 182 Å². The molecule has 0 unspecified atom stereocenters. The van der Waals surface area contributed by atoms with Gasteiger partial charge < -0.3 is 0 Å². The number of fused-ring (bicyclic) bond motifs is 8. The molecule has 292 valence electrons. The van der Waals surface area contributed by atoms with Crippen molar-refractivity contribution in [1.29, 1.82) is 0 Å². The molecule has 0 saturated heterocycles. The molecule has 0 amide bonds. The second-order valence-corrected chi connectivity index (χ2v) is 16.9. The van der Waals surface area contributed by atoms with Crippen molar-refractivity contribution in [3.05, 3.63) is 193 Å². The summed E-state index contributed by atoms with van der Waals surface area (Å²) in [6.45, 7) is 4.64. The second kappa shape index (κ2) is 14.2. The predicted molar refractivity (Wildman–Crippen MR) is 254 cm³/mol. The number of hydrogen-bond acceptors (Lipinski definition) is 7. The van der Waals surface area contributed by atoms with Crippen molar-refractivity contribution in [3.63, 3.8) is 0 Å². The van der Waals surface area contributed by atoms with E-state index in [0.717, 1.165) is 77.3 Å². The van der Waals surface area contributed by atoms with Crippen LogP contribution >= 0.6 is 11.7 Å². The highest BCUT2D eigenvalue weighted by atomic mass is 32.1. The molecular weight excluding hydrogens is 777 g/mol. The van der Waals surface area contributed by atoms with Crippen LogP contribution in [0.2, 0.25) is 0 Å². The smallest absolute Gasteiger partial charge is 0.164 e. The summed E-state index contributed by atoms with van der Waals surface area (Å²) in [4.78, 5) is 20.5. The third-order valence-electron chi connectivity index (χ3n) is 12.4. The molecule has 0 aliphatic heterocycles. The van der Waals surface area contributed by atoms with E-state index in [0.29, 0.717) is 17.5 Å². The first-order chi connectivity index (χ1) is 30.5. The lowest BCUT2D eigenvalue weighted by atomic mass is 9.81. The summed E-state index contributed by atoms with van der Waals surface area (Å²) in [7, 11) is 0. The molecule has 0 atom stereocenters. The Kier molecular flexibility index (Phi) is 8.27. The summed E-state index contributed by atoms with van der Waals surface area (Å²) in [6.07, 6.45) is 0. The van der Waals surface area contributed by atoms with Gasteiger partial charge >= 0.3 is 0 Å². The van der Waals surface area contributed by atoms with Gasteiger partial charge in [0.25, 0.3) is 0 Å². The number of rotatable bonds is 6. The molecule has 3 aromatic heterocycles. The van der Waals surface area contributed by atoms with Gasteiger partial charge in [0.05, 0.1) is 22.9 Å². The highest BCUT2D eigenvalue weighted by Gasteiger charge is 2.35. The Morgan fingerprint density at radius 2 is 0.952 bits per heavy atom. The molecule has 7 heteroatoms. The molecule has 62 heavy (non-hydrogen) atoms. The minimum Gasteiger partial charge on any atom is -0.247 e. The van der Waals surface area contributed by atoms with E-state index in [-0.39, 0.29) is 5.41 Å². The summed E-state index contributed by atoms with van der Waals surface area (Å²) in [5.41, 5.74) is 16.9. The van der Waals surface area contributed by atoms with Gasteiger partial charge in [0, 0.05) is 49.4 Å². The summed E-state index contributed by atoms with van der Waals surface area (Å²) in [6, 6.07) is 63.6. The second-order valence-electron chi connectivity index (χ2n) is 16.4. The van der Waals surface area contributed by atoms with Crippen LogP contribution in [-0.4, -0.2) is 28.7 Å². The monoisotopic (exact) mass is 812 g/mol. The van der Waals surface area contributed by atoms with Crippen molar-refractivity contribution in [2.45, 2.75) is 19.3 Å². The zero-order chi connectivity index (χ0) is 41.4. The number of aromatic nitrogens is 6. The molecule has 0 spiro atoms. The summed E-state index contributed by atoms with van der Waals surface area (Å²) >= 11 is 1.23. The Morgan fingerprint density at radius 1 is 0.371 bits per heavy atom. The van der Waals surface area contributed by atoms with Crippen LogP contribution in [0.25, 0.3) is 112 Å². The summed E-state index contributed by atoms with van der Waals surface area (Å²) < 4.78 is 9.81. The molecule has 0 radical (unpaired) electrons. The number of pyridine rings is 1. The molecule has 1 aliphatic rings. The van der Waals surface area contributed by atoms with E-state index in [1.165, 1.54) is 39.5 Å². The van der Waals surface area contributed by atoms with Crippen LogP contribution in [0.5, 0.6) is 0 Å². The van der Waals surface area contributed by atoms with E-state index in [4.69, 9.17) is 28.7 Å². The van der Waals surface area contributed by atoms with E-state index in [1.54, 1.807) is 0 Å². The van der Waals surface area contributed by atoms with Crippen LogP contribution in [0.1, 0.15) is 25.0 Å².